The molecule has 0 aliphatic carbocycles. The lowest BCUT2D eigenvalue weighted by atomic mass is 9.98. The monoisotopic (exact) mass is 296 g/mol. The zero-order valence-electron chi connectivity index (χ0n) is 12.5. The maximum atomic E-state index is 11.8. The van der Waals surface area contributed by atoms with Crippen LogP contribution in [0.2, 0.25) is 0 Å². The minimum absolute atomic E-state index is 0.100. The molecule has 1 aliphatic rings. The van der Waals surface area contributed by atoms with Gasteiger partial charge in [0.15, 0.2) is 0 Å². The highest BCUT2D eigenvalue weighted by atomic mass is 16.7. The average molecular weight is 296 g/mol. The number of rotatable bonds is 3. The SMILES string of the molecule is CC(C)(C)C(=O)ON1CCC(n2ccc([N+](=O)[O-])n2)CC1. The summed E-state index contributed by atoms with van der Waals surface area (Å²) in [6.07, 6.45) is 3.09. The molecule has 0 aromatic carbocycles. The van der Waals surface area contributed by atoms with Crippen LogP contribution >= 0.6 is 0 Å². The van der Waals surface area contributed by atoms with Gasteiger partial charge in [-0.2, -0.15) is 4.68 Å². The fourth-order valence-corrected chi connectivity index (χ4v) is 2.08. The van der Waals surface area contributed by atoms with Crippen molar-refractivity contribution < 1.29 is 14.6 Å². The van der Waals surface area contributed by atoms with Crippen molar-refractivity contribution >= 4 is 11.8 Å². The normalized spacial score (nSPS) is 17.7. The van der Waals surface area contributed by atoms with E-state index < -0.39 is 10.3 Å². The molecule has 0 radical (unpaired) electrons. The summed E-state index contributed by atoms with van der Waals surface area (Å²) in [7, 11) is 0. The summed E-state index contributed by atoms with van der Waals surface area (Å²) in [4.78, 5) is 27.3. The Labute approximate surface area is 122 Å². The molecule has 1 aromatic rings. The molecule has 8 heteroatoms. The maximum Gasteiger partial charge on any atom is 0.389 e. The molecule has 1 aliphatic heterocycles. The zero-order valence-corrected chi connectivity index (χ0v) is 12.5. The van der Waals surface area contributed by atoms with E-state index in [0.29, 0.717) is 13.1 Å². The predicted octanol–water partition coefficient (Wildman–Crippen LogP) is 1.93. The molecule has 2 rings (SSSR count). The van der Waals surface area contributed by atoms with Crippen LogP contribution in [0.4, 0.5) is 5.82 Å². The van der Waals surface area contributed by atoms with Crippen molar-refractivity contribution in [2.75, 3.05) is 13.1 Å². The first-order valence-electron chi connectivity index (χ1n) is 6.94. The third-order valence-corrected chi connectivity index (χ3v) is 3.40. The van der Waals surface area contributed by atoms with Crippen LogP contribution in [0.1, 0.15) is 39.7 Å². The molecular weight excluding hydrogens is 276 g/mol. The summed E-state index contributed by atoms with van der Waals surface area (Å²) in [5.41, 5.74) is -0.528. The Kier molecular flexibility index (Phi) is 4.26. The number of nitro groups is 1. The molecule has 0 N–H and O–H groups in total. The Bertz CT molecular complexity index is 527. The quantitative estimate of drug-likeness (QED) is 0.625. The molecule has 21 heavy (non-hydrogen) atoms. The summed E-state index contributed by atoms with van der Waals surface area (Å²) in [6.45, 7) is 6.63. The van der Waals surface area contributed by atoms with Gasteiger partial charge in [0.1, 0.15) is 0 Å². The fourth-order valence-electron chi connectivity index (χ4n) is 2.08. The number of carbonyl (C=O) groups excluding carboxylic acids is 1. The van der Waals surface area contributed by atoms with Gasteiger partial charge in [-0.3, -0.25) is 0 Å². The number of carbonyl (C=O) groups is 1. The van der Waals surface area contributed by atoms with Gasteiger partial charge in [0.25, 0.3) is 0 Å². The molecule has 0 amide bonds. The van der Waals surface area contributed by atoms with Crippen molar-refractivity contribution in [1.82, 2.24) is 14.8 Å². The van der Waals surface area contributed by atoms with Gasteiger partial charge in [-0.15, -0.1) is 5.06 Å². The largest absolute Gasteiger partial charge is 0.389 e. The highest BCUT2D eigenvalue weighted by Gasteiger charge is 2.30. The summed E-state index contributed by atoms with van der Waals surface area (Å²) in [5, 5.41) is 16.2. The molecule has 0 atom stereocenters. The van der Waals surface area contributed by atoms with Crippen LogP contribution in [-0.4, -0.2) is 38.8 Å². The Hall–Kier alpha value is -1.96. The van der Waals surface area contributed by atoms with E-state index in [1.807, 2.05) is 20.8 Å². The minimum Gasteiger partial charge on any atom is -0.367 e. The molecule has 1 aromatic heterocycles. The second-order valence-corrected chi connectivity index (χ2v) is 6.20. The van der Waals surface area contributed by atoms with Crippen molar-refractivity contribution in [3.05, 3.63) is 22.4 Å². The van der Waals surface area contributed by atoms with Crippen LogP contribution in [0, 0.1) is 15.5 Å². The van der Waals surface area contributed by atoms with E-state index in [4.69, 9.17) is 4.84 Å². The highest BCUT2D eigenvalue weighted by Crippen LogP contribution is 2.24. The van der Waals surface area contributed by atoms with E-state index in [1.165, 1.54) is 6.07 Å². The summed E-state index contributed by atoms with van der Waals surface area (Å²) < 4.78 is 1.63. The number of piperidine rings is 1. The molecular formula is C13H20N4O4. The number of hydroxylamine groups is 2. The van der Waals surface area contributed by atoms with Gasteiger partial charge in [0, 0.05) is 13.1 Å². The van der Waals surface area contributed by atoms with E-state index in [9.17, 15) is 14.9 Å². The Morgan fingerprint density at radius 1 is 1.43 bits per heavy atom. The van der Waals surface area contributed by atoms with Gasteiger partial charge in [-0.05, 0) is 38.5 Å². The lowest BCUT2D eigenvalue weighted by Gasteiger charge is -2.31. The van der Waals surface area contributed by atoms with Gasteiger partial charge in [0.05, 0.1) is 28.8 Å². The molecule has 0 saturated carbocycles. The highest BCUT2D eigenvalue weighted by molar-refractivity contribution is 5.75. The molecule has 0 bridgehead atoms. The van der Waals surface area contributed by atoms with Gasteiger partial charge in [-0.25, -0.2) is 4.79 Å². The standard InChI is InChI=1S/C13H20N4O4/c1-13(2,3)12(18)21-15-7-4-10(5-8-15)16-9-6-11(14-16)17(19)20/h6,9-10H,4-5,7-8H2,1-3H3. The van der Waals surface area contributed by atoms with Crippen molar-refractivity contribution in [1.29, 1.82) is 0 Å². The first kappa shape index (κ1) is 15.4. The van der Waals surface area contributed by atoms with Gasteiger partial charge < -0.3 is 15.0 Å². The number of aromatic nitrogens is 2. The summed E-state index contributed by atoms with van der Waals surface area (Å²) in [6, 6.07) is 1.50. The molecule has 0 unspecified atom stereocenters. The van der Waals surface area contributed by atoms with E-state index in [-0.39, 0.29) is 17.8 Å². The minimum atomic E-state index is -0.528. The molecule has 0 spiro atoms. The fraction of sp³-hybridized carbons (Fsp3) is 0.692. The van der Waals surface area contributed by atoms with E-state index in [0.717, 1.165) is 12.8 Å². The predicted molar refractivity (Wildman–Crippen MR) is 74.3 cm³/mol. The van der Waals surface area contributed by atoms with Gasteiger partial charge in [-0.1, -0.05) is 0 Å². The van der Waals surface area contributed by atoms with Crippen LogP contribution in [0.25, 0.3) is 0 Å². The number of hydrogen-bond donors (Lipinski definition) is 0. The summed E-state index contributed by atoms with van der Waals surface area (Å²) in [5.74, 6) is -0.396. The smallest absolute Gasteiger partial charge is 0.367 e. The Morgan fingerprint density at radius 2 is 2.05 bits per heavy atom. The lowest BCUT2D eigenvalue weighted by molar-refractivity contribution is -0.389. The summed E-state index contributed by atoms with van der Waals surface area (Å²) >= 11 is 0. The number of hydrogen-bond acceptors (Lipinski definition) is 6. The number of nitrogens with zero attached hydrogens (tertiary/aromatic N) is 4. The van der Waals surface area contributed by atoms with Crippen LogP contribution in [0.15, 0.2) is 12.3 Å². The Balaban J connectivity index is 1.88. The van der Waals surface area contributed by atoms with Crippen molar-refractivity contribution in [2.45, 2.75) is 39.7 Å². The first-order chi connectivity index (χ1) is 9.77. The van der Waals surface area contributed by atoms with E-state index in [2.05, 4.69) is 5.10 Å². The van der Waals surface area contributed by atoms with Crippen molar-refractivity contribution in [3.63, 3.8) is 0 Å². The molecule has 2 heterocycles. The van der Waals surface area contributed by atoms with E-state index >= 15 is 0 Å². The molecule has 1 saturated heterocycles. The van der Waals surface area contributed by atoms with Crippen LogP contribution in [0.3, 0.4) is 0 Å². The van der Waals surface area contributed by atoms with Crippen LogP contribution in [-0.2, 0) is 9.63 Å². The van der Waals surface area contributed by atoms with Crippen LogP contribution in [0.5, 0.6) is 0 Å². The lowest BCUT2D eigenvalue weighted by Crippen LogP contribution is -2.39. The van der Waals surface area contributed by atoms with E-state index in [1.54, 1.807) is 15.9 Å². The maximum absolute atomic E-state index is 11.8. The molecule has 116 valence electrons. The van der Waals surface area contributed by atoms with Crippen molar-refractivity contribution in [3.8, 4) is 0 Å². The average Bonchev–Trinajstić information content (AvgIpc) is 2.88. The molecule has 8 nitrogen and oxygen atoms in total. The van der Waals surface area contributed by atoms with Gasteiger partial charge >= 0.3 is 11.8 Å². The second-order valence-electron chi connectivity index (χ2n) is 6.20. The third kappa shape index (κ3) is 3.78. The Morgan fingerprint density at radius 3 is 2.52 bits per heavy atom. The van der Waals surface area contributed by atoms with Crippen molar-refractivity contribution in [2.24, 2.45) is 5.41 Å². The zero-order chi connectivity index (χ0) is 15.6. The second kappa shape index (κ2) is 5.80. The first-order valence-corrected chi connectivity index (χ1v) is 6.94. The van der Waals surface area contributed by atoms with Crippen LogP contribution < -0.4 is 0 Å². The topological polar surface area (TPSA) is 90.5 Å². The molecule has 1 fully saturated rings. The van der Waals surface area contributed by atoms with Gasteiger partial charge in [0.2, 0.25) is 0 Å². The third-order valence-electron chi connectivity index (χ3n) is 3.40.